The average molecular weight is 256 g/mol. The molecular weight excluding hydrogens is 236 g/mol. The highest BCUT2D eigenvalue weighted by atomic mass is 32.1. The van der Waals surface area contributed by atoms with Gasteiger partial charge in [-0.2, -0.15) is 0 Å². The van der Waals surface area contributed by atoms with Crippen LogP contribution in [0.3, 0.4) is 0 Å². The van der Waals surface area contributed by atoms with Gasteiger partial charge in [0.2, 0.25) is 0 Å². The lowest BCUT2D eigenvalue weighted by Gasteiger charge is -2.22. The first-order valence-corrected chi connectivity index (χ1v) is 6.52. The quantitative estimate of drug-likeness (QED) is 0.259. The first kappa shape index (κ1) is 14.0. The standard InChI is InChI=1S/C12H20N2O2S/c1-12(2,11(13)14-15)6-8-16-7-5-10-4-3-9-17-10/h3-4,9,15H,5-8H2,1-2H3,(H2,13,14). The zero-order valence-corrected chi connectivity index (χ0v) is 11.2. The average Bonchev–Trinajstić information content (AvgIpc) is 2.80. The summed E-state index contributed by atoms with van der Waals surface area (Å²) < 4.78 is 5.55. The van der Waals surface area contributed by atoms with Crippen molar-refractivity contribution < 1.29 is 9.94 Å². The molecule has 0 aliphatic rings. The largest absolute Gasteiger partial charge is 0.409 e. The Hall–Kier alpha value is -1.07. The molecular formula is C12H20N2O2S. The van der Waals surface area contributed by atoms with Gasteiger partial charge in [0.1, 0.15) is 5.84 Å². The number of amidine groups is 1. The monoisotopic (exact) mass is 256 g/mol. The van der Waals surface area contributed by atoms with E-state index in [0.29, 0.717) is 13.2 Å². The van der Waals surface area contributed by atoms with E-state index in [-0.39, 0.29) is 11.3 Å². The lowest BCUT2D eigenvalue weighted by atomic mass is 9.88. The summed E-state index contributed by atoms with van der Waals surface area (Å²) in [5, 5.41) is 13.7. The molecule has 0 bridgehead atoms. The lowest BCUT2D eigenvalue weighted by Crippen LogP contribution is -2.33. The van der Waals surface area contributed by atoms with Crippen LogP contribution >= 0.6 is 11.3 Å². The molecule has 0 aromatic carbocycles. The molecule has 0 saturated carbocycles. The van der Waals surface area contributed by atoms with E-state index in [9.17, 15) is 0 Å². The van der Waals surface area contributed by atoms with E-state index in [0.717, 1.165) is 12.8 Å². The van der Waals surface area contributed by atoms with Crippen molar-refractivity contribution in [1.82, 2.24) is 0 Å². The van der Waals surface area contributed by atoms with Gasteiger partial charge in [-0.15, -0.1) is 11.3 Å². The third kappa shape index (κ3) is 4.75. The number of thiophene rings is 1. The highest BCUT2D eigenvalue weighted by Crippen LogP contribution is 2.20. The Labute approximate surface area is 106 Å². The Morgan fingerprint density at radius 3 is 2.88 bits per heavy atom. The maximum atomic E-state index is 8.62. The minimum atomic E-state index is -0.322. The molecule has 0 saturated heterocycles. The van der Waals surface area contributed by atoms with Crippen LogP contribution in [0.15, 0.2) is 22.7 Å². The van der Waals surface area contributed by atoms with E-state index < -0.39 is 0 Å². The first-order valence-electron chi connectivity index (χ1n) is 5.64. The smallest absolute Gasteiger partial charge is 0.144 e. The van der Waals surface area contributed by atoms with E-state index in [1.807, 2.05) is 19.9 Å². The van der Waals surface area contributed by atoms with Crippen molar-refractivity contribution in [2.45, 2.75) is 26.7 Å². The van der Waals surface area contributed by atoms with Gasteiger partial charge in [-0.25, -0.2) is 0 Å². The van der Waals surface area contributed by atoms with Gasteiger partial charge in [0, 0.05) is 23.3 Å². The number of nitrogens with two attached hydrogens (primary N) is 1. The van der Waals surface area contributed by atoms with Crippen LogP contribution in [-0.2, 0) is 11.2 Å². The normalized spacial score (nSPS) is 12.9. The molecule has 0 amide bonds. The molecule has 0 aliphatic heterocycles. The highest BCUT2D eigenvalue weighted by molar-refractivity contribution is 7.09. The van der Waals surface area contributed by atoms with Crippen molar-refractivity contribution in [1.29, 1.82) is 0 Å². The van der Waals surface area contributed by atoms with Crippen LogP contribution in [0.2, 0.25) is 0 Å². The Kier molecular flexibility index (Phi) is 5.44. The van der Waals surface area contributed by atoms with Crippen molar-refractivity contribution in [2.24, 2.45) is 16.3 Å². The van der Waals surface area contributed by atoms with Gasteiger partial charge in [0.05, 0.1) is 6.61 Å². The lowest BCUT2D eigenvalue weighted by molar-refractivity contribution is 0.119. The number of oxime groups is 1. The summed E-state index contributed by atoms with van der Waals surface area (Å²) in [5.41, 5.74) is 5.27. The molecule has 0 atom stereocenters. The molecule has 0 aliphatic carbocycles. The van der Waals surface area contributed by atoms with Crippen molar-refractivity contribution in [3.8, 4) is 0 Å². The maximum Gasteiger partial charge on any atom is 0.144 e. The summed E-state index contributed by atoms with van der Waals surface area (Å²) in [7, 11) is 0. The Bertz CT molecular complexity index is 347. The van der Waals surface area contributed by atoms with Crippen LogP contribution in [0.1, 0.15) is 25.1 Å². The van der Waals surface area contributed by atoms with E-state index in [4.69, 9.17) is 15.7 Å². The summed E-state index contributed by atoms with van der Waals surface area (Å²) in [5.74, 6) is 0.249. The SMILES string of the molecule is CC(C)(CCOCCc1cccs1)C(N)=NO. The Morgan fingerprint density at radius 1 is 1.53 bits per heavy atom. The molecule has 0 fully saturated rings. The van der Waals surface area contributed by atoms with Gasteiger partial charge < -0.3 is 15.7 Å². The van der Waals surface area contributed by atoms with Crippen molar-refractivity contribution in [3.63, 3.8) is 0 Å². The van der Waals surface area contributed by atoms with Crippen LogP contribution in [0.5, 0.6) is 0 Å². The van der Waals surface area contributed by atoms with E-state index in [2.05, 4.69) is 16.6 Å². The molecule has 0 spiro atoms. The summed E-state index contributed by atoms with van der Waals surface area (Å²) in [4.78, 5) is 1.33. The molecule has 96 valence electrons. The van der Waals surface area contributed by atoms with Gasteiger partial charge in [0.25, 0.3) is 0 Å². The zero-order valence-electron chi connectivity index (χ0n) is 10.3. The summed E-state index contributed by atoms with van der Waals surface area (Å²) in [6.07, 6.45) is 1.69. The summed E-state index contributed by atoms with van der Waals surface area (Å²) in [6.45, 7) is 5.21. The van der Waals surface area contributed by atoms with Crippen LogP contribution in [0, 0.1) is 5.41 Å². The predicted molar refractivity (Wildman–Crippen MR) is 70.6 cm³/mol. The fourth-order valence-corrected chi connectivity index (χ4v) is 2.01. The van der Waals surface area contributed by atoms with Crippen molar-refractivity contribution >= 4 is 17.2 Å². The Morgan fingerprint density at radius 2 is 2.29 bits per heavy atom. The van der Waals surface area contributed by atoms with Crippen molar-refractivity contribution in [3.05, 3.63) is 22.4 Å². The third-order valence-electron chi connectivity index (χ3n) is 2.75. The van der Waals surface area contributed by atoms with Gasteiger partial charge in [-0.05, 0) is 17.9 Å². The number of ether oxygens (including phenoxy) is 1. The second-order valence-electron chi connectivity index (χ2n) is 4.56. The molecule has 3 N–H and O–H groups in total. The van der Waals surface area contributed by atoms with Gasteiger partial charge in [0.15, 0.2) is 0 Å². The highest BCUT2D eigenvalue weighted by Gasteiger charge is 2.22. The second kappa shape index (κ2) is 6.61. The van der Waals surface area contributed by atoms with E-state index >= 15 is 0 Å². The van der Waals surface area contributed by atoms with Crippen LogP contribution in [-0.4, -0.2) is 24.3 Å². The number of hydrogen-bond acceptors (Lipinski definition) is 4. The van der Waals surface area contributed by atoms with E-state index in [1.54, 1.807) is 11.3 Å². The first-order chi connectivity index (χ1) is 8.06. The van der Waals surface area contributed by atoms with Gasteiger partial charge in [-0.1, -0.05) is 25.1 Å². The molecule has 4 nitrogen and oxygen atoms in total. The molecule has 17 heavy (non-hydrogen) atoms. The van der Waals surface area contributed by atoms with Crippen LogP contribution in [0.25, 0.3) is 0 Å². The molecule has 0 unspecified atom stereocenters. The second-order valence-corrected chi connectivity index (χ2v) is 5.59. The fraction of sp³-hybridized carbons (Fsp3) is 0.583. The molecule has 1 rings (SSSR count). The minimum Gasteiger partial charge on any atom is -0.409 e. The number of hydrogen-bond donors (Lipinski definition) is 2. The molecule has 5 heteroatoms. The van der Waals surface area contributed by atoms with Crippen molar-refractivity contribution in [2.75, 3.05) is 13.2 Å². The summed E-state index contributed by atoms with van der Waals surface area (Å²) >= 11 is 1.74. The van der Waals surface area contributed by atoms with E-state index in [1.165, 1.54) is 4.88 Å². The fourth-order valence-electron chi connectivity index (χ4n) is 1.32. The van der Waals surface area contributed by atoms with Gasteiger partial charge >= 0.3 is 0 Å². The molecule has 1 aromatic rings. The molecule has 1 heterocycles. The zero-order chi connectivity index (χ0) is 12.7. The summed E-state index contributed by atoms with van der Waals surface area (Å²) in [6, 6.07) is 4.15. The maximum absolute atomic E-state index is 8.62. The topological polar surface area (TPSA) is 67.8 Å². The van der Waals surface area contributed by atoms with Gasteiger partial charge in [-0.3, -0.25) is 0 Å². The third-order valence-corrected chi connectivity index (χ3v) is 3.68. The van der Waals surface area contributed by atoms with Crippen LogP contribution in [0.4, 0.5) is 0 Å². The number of rotatable bonds is 7. The minimum absolute atomic E-state index is 0.249. The number of nitrogens with zero attached hydrogens (tertiary/aromatic N) is 1. The Balaban J connectivity index is 2.16. The molecule has 0 radical (unpaired) electrons. The predicted octanol–water partition coefficient (Wildman–Crippen LogP) is 2.47. The molecule has 1 aromatic heterocycles. The van der Waals surface area contributed by atoms with Crippen LogP contribution < -0.4 is 5.73 Å².